The van der Waals surface area contributed by atoms with Gasteiger partial charge in [0.25, 0.3) is 0 Å². The first-order chi connectivity index (χ1) is 8.43. The molecule has 1 aliphatic rings. The van der Waals surface area contributed by atoms with Crippen LogP contribution in [0.1, 0.15) is 19.3 Å². The molecule has 1 fully saturated rings. The molecule has 0 saturated carbocycles. The van der Waals surface area contributed by atoms with Crippen molar-refractivity contribution in [1.29, 1.82) is 0 Å². The Hall–Kier alpha value is -1.13. The SMILES string of the molecule is c1cc2sccc2c(NCC2CCCCO2)n1. The van der Waals surface area contributed by atoms with Crippen LogP contribution in [-0.4, -0.2) is 24.2 Å². The molecule has 2 aromatic heterocycles. The summed E-state index contributed by atoms with van der Waals surface area (Å²) in [6.07, 6.45) is 5.85. The summed E-state index contributed by atoms with van der Waals surface area (Å²) in [5, 5.41) is 6.74. The van der Waals surface area contributed by atoms with Crippen molar-refractivity contribution < 1.29 is 4.74 Å². The largest absolute Gasteiger partial charge is 0.376 e. The lowest BCUT2D eigenvalue weighted by atomic mass is 10.1. The van der Waals surface area contributed by atoms with Crippen molar-refractivity contribution in [2.45, 2.75) is 25.4 Å². The zero-order valence-corrected chi connectivity index (χ0v) is 10.5. The fourth-order valence-electron chi connectivity index (χ4n) is 2.21. The number of hydrogen-bond donors (Lipinski definition) is 1. The highest BCUT2D eigenvalue weighted by atomic mass is 32.1. The van der Waals surface area contributed by atoms with Crippen LogP contribution in [0.4, 0.5) is 5.82 Å². The van der Waals surface area contributed by atoms with Crippen LogP contribution < -0.4 is 5.32 Å². The van der Waals surface area contributed by atoms with Crippen LogP contribution in [0, 0.1) is 0 Å². The van der Waals surface area contributed by atoms with Crippen LogP contribution in [0.5, 0.6) is 0 Å². The molecule has 0 spiro atoms. The van der Waals surface area contributed by atoms with E-state index in [0.29, 0.717) is 6.10 Å². The molecule has 0 aliphatic carbocycles. The van der Waals surface area contributed by atoms with E-state index in [4.69, 9.17) is 4.74 Å². The van der Waals surface area contributed by atoms with Gasteiger partial charge >= 0.3 is 0 Å². The number of ether oxygens (including phenoxy) is 1. The Balaban J connectivity index is 1.69. The Labute approximate surface area is 105 Å². The van der Waals surface area contributed by atoms with E-state index >= 15 is 0 Å². The highest BCUT2D eigenvalue weighted by molar-refractivity contribution is 7.17. The molecule has 17 heavy (non-hydrogen) atoms. The zero-order valence-electron chi connectivity index (χ0n) is 9.69. The standard InChI is InChI=1S/C13H16N2OS/c1-2-7-16-10(3-1)9-15-13-11-5-8-17-12(11)4-6-14-13/h4-6,8,10H,1-3,7,9H2,(H,14,15). The van der Waals surface area contributed by atoms with Crippen LogP contribution in [0.2, 0.25) is 0 Å². The summed E-state index contributed by atoms with van der Waals surface area (Å²) in [5.41, 5.74) is 0. The predicted molar refractivity (Wildman–Crippen MR) is 71.7 cm³/mol. The van der Waals surface area contributed by atoms with Gasteiger partial charge in [0.1, 0.15) is 5.82 Å². The molecule has 1 aliphatic heterocycles. The molecule has 3 nitrogen and oxygen atoms in total. The summed E-state index contributed by atoms with van der Waals surface area (Å²) in [5.74, 6) is 0.984. The minimum Gasteiger partial charge on any atom is -0.376 e. The third kappa shape index (κ3) is 2.42. The van der Waals surface area contributed by atoms with Crippen molar-refractivity contribution >= 4 is 27.2 Å². The molecule has 90 valence electrons. The lowest BCUT2D eigenvalue weighted by Gasteiger charge is -2.23. The molecule has 0 aromatic carbocycles. The van der Waals surface area contributed by atoms with E-state index in [1.54, 1.807) is 11.3 Å². The fraction of sp³-hybridized carbons (Fsp3) is 0.462. The van der Waals surface area contributed by atoms with Crippen molar-refractivity contribution in [3.05, 3.63) is 23.7 Å². The number of anilines is 1. The first-order valence-corrected chi connectivity index (χ1v) is 6.99. The average Bonchev–Trinajstić information content (AvgIpc) is 2.86. The molecule has 1 atom stereocenters. The van der Waals surface area contributed by atoms with Gasteiger partial charge in [-0.05, 0) is 36.8 Å². The normalized spacial score (nSPS) is 20.6. The quantitative estimate of drug-likeness (QED) is 0.905. The molecule has 0 amide bonds. The summed E-state index contributed by atoms with van der Waals surface area (Å²) in [6.45, 7) is 1.77. The monoisotopic (exact) mass is 248 g/mol. The van der Waals surface area contributed by atoms with Gasteiger partial charge in [0.15, 0.2) is 0 Å². The Morgan fingerprint density at radius 2 is 2.41 bits per heavy atom. The molecule has 1 saturated heterocycles. The number of fused-ring (bicyclic) bond motifs is 1. The molecule has 0 radical (unpaired) electrons. The number of nitrogens with one attached hydrogen (secondary N) is 1. The summed E-state index contributed by atoms with van der Waals surface area (Å²) < 4.78 is 6.99. The topological polar surface area (TPSA) is 34.1 Å². The lowest BCUT2D eigenvalue weighted by Crippen LogP contribution is -2.27. The number of thiophene rings is 1. The molecule has 0 bridgehead atoms. The Bertz CT molecular complexity index is 491. The molecule has 3 heterocycles. The molecule has 1 N–H and O–H groups in total. The second kappa shape index (κ2) is 5.02. The Morgan fingerprint density at radius 3 is 3.29 bits per heavy atom. The fourth-order valence-corrected chi connectivity index (χ4v) is 3.00. The molecule has 2 aromatic rings. The van der Waals surface area contributed by atoms with Gasteiger partial charge in [-0.1, -0.05) is 0 Å². The molecule has 1 unspecified atom stereocenters. The van der Waals surface area contributed by atoms with Gasteiger partial charge in [-0.25, -0.2) is 4.98 Å². The van der Waals surface area contributed by atoms with E-state index in [1.165, 1.54) is 22.9 Å². The van der Waals surface area contributed by atoms with Crippen LogP contribution in [0.15, 0.2) is 23.7 Å². The number of hydrogen-bond acceptors (Lipinski definition) is 4. The van der Waals surface area contributed by atoms with Crippen LogP contribution in [0.3, 0.4) is 0 Å². The molecule has 3 rings (SSSR count). The summed E-state index contributed by atoms with van der Waals surface area (Å²) in [6, 6.07) is 4.18. The van der Waals surface area contributed by atoms with Gasteiger partial charge in [-0.15, -0.1) is 11.3 Å². The smallest absolute Gasteiger partial charge is 0.134 e. The maximum absolute atomic E-state index is 5.71. The molecular formula is C13H16N2OS. The van der Waals surface area contributed by atoms with Crippen LogP contribution >= 0.6 is 11.3 Å². The number of nitrogens with zero attached hydrogens (tertiary/aromatic N) is 1. The van der Waals surface area contributed by atoms with Crippen molar-refractivity contribution in [1.82, 2.24) is 4.98 Å². The number of aromatic nitrogens is 1. The summed E-state index contributed by atoms with van der Waals surface area (Å²) in [4.78, 5) is 4.40. The second-order valence-corrected chi connectivity index (χ2v) is 5.31. The van der Waals surface area contributed by atoms with Gasteiger partial charge < -0.3 is 10.1 Å². The van der Waals surface area contributed by atoms with Gasteiger partial charge in [0.05, 0.1) is 6.10 Å². The second-order valence-electron chi connectivity index (χ2n) is 4.36. The molecule has 4 heteroatoms. The zero-order chi connectivity index (χ0) is 11.5. The average molecular weight is 248 g/mol. The van der Waals surface area contributed by atoms with E-state index in [0.717, 1.165) is 25.4 Å². The maximum Gasteiger partial charge on any atom is 0.134 e. The van der Waals surface area contributed by atoms with Crippen molar-refractivity contribution in [3.63, 3.8) is 0 Å². The minimum absolute atomic E-state index is 0.347. The number of pyridine rings is 1. The first-order valence-electron chi connectivity index (χ1n) is 6.11. The summed E-state index contributed by atoms with van der Waals surface area (Å²) >= 11 is 1.75. The summed E-state index contributed by atoms with van der Waals surface area (Å²) in [7, 11) is 0. The van der Waals surface area contributed by atoms with Gasteiger partial charge in [0, 0.05) is 29.4 Å². The highest BCUT2D eigenvalue weighted by Gasteiger charge is 2.14. The minimum atomic E-state index is 0.347. The van der Waals surface area contributed by atoms with Gasteiger partial charge in [0.2, 0.25) is 0 Å². The number of rotatable bonds is 3. The first kappa shape index (κ1) is 11.0. The van der Waals surface area contributed by atoms with Crippen molar-refractivity contribution in [2.24, 2.45) is 0 Å². The predicted octanol–water partition coefficient (Wildman–Crippen LogP) is 3.28. The van der Waals surface area contributed by atoms with E-state index in [9.17, 15) is 0 Å². The van der Waals surface area contributed by atoms with E-state index in [1.807, 2.05) is 6.20 Å². The van der Waals surface area contributed by atoms with Crippen molar-refractivity contribution in [2.75, 3.05) is 18.5 Å². The Kier molecular flexibility index (Phi) is 3.25. The van der Waals surface area contributed by atoms with Gasteiger partial charge in [-0.3, -0.25) is 0 Å². The maximum atomic E-state index is 5.71. The van der Waals surface area contributed by atoms with Crippen molar-refractivity contribution in [3.8, 4) is 0 Å². The Morgan fingerprint density at radius 1 is 1.41 bits per heavy atom. The van der Waals surface area contributed by atoms with E-state index < -0.39 is 0 Å². The molecular weight excluding hydrogens is 232 g/mol. The van der Waals surface area contributed by atoms with Gasteiger partial charge in [-0.2, -0.15) is 0 Å². The van der Waals surface area contributed by atoms with E-state index in [-0.39, 0.29) is 0 Å². The third-order valence-electron chi connectivity index (χ3n) is 3.15. The highest BCUT2D eigenvalue weighted by Crippen LogP contribution is 2.26. The van der Waals surface area contributed by atoms with E-state index in [2.05, 4.69) is 27.8 Å². The van der Waals surface area contributed by atoms with Crippen LogP contribution in [0.25, 0.3) is 10.1 Å². The third-order valence-corrected chi connectivity index (χ3v) is 4.03. The lowest BCUT2D eigenvalue weighted by molar-refractivity contribution is 0.0247. The van der Waals surface area contributed by atoms with Crippen LogP contribution in [-0.2, 0) is 4.74 Å².